The van der Waals surface area contributed by atoms with E-state index in [1.807, 2.05) is 23.1 Å². The summed E-state index contributed by atoms with van der Waals surface area (Å²) in [5.74, 6) is 0. The predicted molar refractivity (Wildman–Crippen MR) is 58.5 cm³/mol. The van der Waals surface area contributed by atoms with E-state index >= 15 is 0 Å². The van der Waals surface area contributed by atoms with Crippen molar-refractivity contribution < 1.29 is 0 Å². The lowest BCUT2D eigenvalue weighted by atomic mass is 10.1. The fourth-order valence-corrected chi connectivity index (χ4v) is 1.73. The number of aromatic nitrogens is 2. The number of rotatable bonds is 3. The quantitative estimate of drug-likeness (QED) is 0.762. The van der Waals surface area contributed by atoms with Crippen LogP contribution in [0.15, 0.2) is 42.7 Å². The van der Waals surface area contributed by atoms with Crippen LogP contribution in [0.5, 0.6) is 0 Å². The van der Waals surface area contributed by atoms with Crippen LogP contribution in [0.4, 0.5) is 0 Å². The maximum Gasteiger partial charge on any atom is 0.0659 e. The molecule has 1 unspecified atom stereocenters. The molecular weight excluding hydrogens is 186 g/mol. The topological polar surface area (TPSA) is 39.8 Å². The Hall–Kier alpha value is -1.61. The summed E-state index contributed by atoms with van der Waals surface area (Å²) in [5, 5.41) is 7.48. The van der Waals surface area contributed by atoms with Crippen molar-refractivity contribution in [3.8, 4) is 0 Å². The molecule has 1 aliphatic rings. The molecule has 3 nitrogen and oxygen atoms in total. The minimum absolute atomic E-state index is 0.601. The van der Waals surface area contributed by atoms with E-state index in [0.717, 1.165) is 13.1 Å². The SMILES string of the molecule is c1cnn(Cc2ccc(C3CN3)cc2)c1. The van der Waals surface area contributed by atoms with E-state index in [-0.39, 0.29) is 0 Å². The fraction of sp³-hybridized carbons (Fsp3) is 0.250. The van der Waals surface area contributed by atoms with Gasteiger partial charge < -0.3 is 5.32 Å². The van der Waals surface area contributed by atoms with Crippen LogP contribution in [0.3, 0.4) is 0 Å². The minimum atomic E-state index is 0.601. The molecule has 1 aliphatic heterocycles. The second kappa shape index (κ2) is 3.51. The molecule has 1 aromatic carbocycles. The van der Waals surface area contributed by atoms with Crippen molar-refractivity contribution >= 4 is 0 Å². The maximum atomic E-state index is 4.19. The summed E-state index contributed by atoms with van der Waals surface area (Å²) in [6, 6.07) is 11.3. The van der Waals surface area contributed by atoms with Crippen molar-refractivity contribution in [3.63, 3.8) is 0 Å². The largest absolute Gasteiger partial charge is 0.307 e. The van der Waals surface area contributed by atoms with E-state index in [9.17, 15) is 0 Å². The number of nitrogens with zero attached hydrogens (tertiary/aromatic N) is 2. The molecule has 0 bridgehead atoms. The Bertz CT molecular complexity index is 426. The van der Waals surface area contributed by atoms with Crippen LogP contribution < -0.4 is 5.32 Å². The van der Waals surface area contributed by atoms with Gasteiger partial charge in [-0.3, -0.25) is 4.68 Å². The van der Waals surface area contributed by atoms with Crippen LogP contribution in [-0.2, 0) is 6.54 Å². The molecule has 1 fully saturated rings. The molecule has 1 atom stereocenters. The zero-order valence-electron chi connectivity index (χ0n) is 8.43. The van der Waals surface area contributed by atoms with Gasteiger partial charge in [-0.25, -0.2) is 0 Å². The molecule has 0 radical (unpaired) electrons. The summed E-state index contributed by atoms with van der Waals surface area (Å²) in [6.07, 6.45) is 3.79. The first-order valence-electron chi connectivity index (χ1n) is 5.21. The molecule has 0 saturated carbocycles. The highest BCUT2D eigenvalue weighted by Gasteiger charge is 2.21. The first-order valence-corrected chi connectivity index (χ1v) is 5.21. The first kappa shape index (κ1) is 8.68. The van der Waals surface area contributed by atoms with E-state index in [1.165, 1.54) is 11.1 Å². The Balaban J connectivity index is 1.75. The molecule has 0 aliphatic carbocycles. The molecule has 1 aromatic heterocycles. The molecule has 2 aromatic rings. The Morgan fingerprint density at radius 3 is 2.73 bits per heavy atom. The van der Waals surface area contributed by atoms with Crippen molar-refractivity contribution in [3.05, 3.63) is 53.9 Å². The van der Waals surface area contributed by atoms with Crippen LogP contribution in [0, 0.1) is 0 Å². The third kappa shape index (κ3) is 1.92. The Morgan fingerprint density at radius 1 is 1.33 bits per heavy atom. The number of hydrogen-bond acceptors (Lipinski definition) is 2. The van der Waals surface area contributed by atoms with Crippen LogP contribution in [-0.4, -0.2) is 16.3 Å². The molecule has 76 valence electrons. The fourth-order valence-electron chi connectivity index (χ4n) is 1.73. The molecule has 0 amide bonds. The smallest absolute Gasteiger partial charge is 0.0659 e. The van der Waals surface area contributed by atoms with Crippen LogP contribution >= 0.6 is 0 Å². The lowest BCUT2D eigenvalue weighted by Gasteiger charge is -2.03. The summed E-state index contributed by atoms with van der Waals surface area (Å²) < 4.78 is 1.93. The molecule has 3 rings (SSSR count). The van der Waals surface area contributed by atoms with Crippen molar-refractivity contribution in [1.29, 1.82) is 0 Å². The highest BCUT2D eigenvalue weighted by Crippen LogP contribution is 2.21. The summed E-state index contributed by atoms with van der Waals surface area (Å²) >= 11 is 0. The minimum Gasteiger partial charge on any atom is -0.307 e. The van der Waals surface area contributed by atoms with Gasteiger partial charge in [0.2, 0.25) is 0 Å². The van der Waals surface area contributed by atoms with Crippen molar-refractivity contribution in [2.24, 2.45) is 0 Å². The summed E-state index contributed by atoms with van der Waals surface area (Å²) in [5.41, 5.74) is 2.68. The monoisotopic (exact) mass is 199 g/mol. The van der Waals surface area contributed by atoms with Gasteiger partial charge in [-0.2, -0.15) is 5.10 Å². The van der Waals surface area contributed by atoms with Gasteiger partial charge in [-0.05, 0) is 17.2 Å². The van der Waals surface area contributed by atoms with E-state index in [4.69, 9.17) is 0 Å². The second-order valence-corrected chi connectivity index (χ2v) is 3.91. The van der Waals surface area contributed by atoms with E-state index in [2.05, 4.69) is 34.7 Å². The molecule has 1 N–H and O–H groups in total. The van der Waals surface area contributed by atoms with Crippen molar-refractivity contribution in [2.75, 3.05) is 6.54 Å². The Kier molecular flexibility index (Phi) is 2.03. The van der Waals surface area contributed by atoms with Gasteiger partial charge in [-0.1, -0.05) is 24.3 Å². The van der Waals surface area contributed by atoms with Crippen molar-refractivity contribution in [2.45, 2.75) is 12.6 Å². The van der Waals surface area contributed by atoms with Gasteiger partial charge in [0.1, 0.15) is 0 Å². The summed E-state index contributed by atoms with van der Waals surface area (Å²) in [4.78, 5) is 0. The van der Waals surface area contributed by atoms with Crippen LogP contribution in [0.25, 0.3) is 0 Å². The van der Waals surface area contributed by atoms with Gasteiger partial charge in [-0.15, -0.1) is 0 Å². The van der Waals surface area contributed by atoms with Crippen LogP contribution in [0.1, 0.15) is 17.2 Å². The normalized spacial score (nSPS) is 19.1. The van der Waals surface area contributed by atoms with Gasteiger partial charge in [0.15, 0.2) is 0 Å². The molecule has 0 spiro atoms. The van der Waals surface area contributed by atoms with Gasteiger partial charge in [0.05, 0.1) is 6.54 Å². The van der Waals surface area contributed by atoms with Crippen LogP contribution in [0.2, 0.25) is 0 Å². The molecular formula is C12H13N3. The standard InChI is InChI=1S/C12H13N3/c1-6-14-15(7-1)9-10-2-4-11(5-3-10)12-8-13-12/h1-7,12-13H,8-9H2. The Labute approximate surface area is 88.7 Å². The first-order chi connectivity index (χ1) is 7.42. The molecule has 15 heavy (non-hydrogen) atoms. The third-order valence-electron chi connectivity index (χ3n) is 2.69. The molecule has 3 heteroatoms. The highest BCUT2D eigenvalue weighted by atomic mass is 15.3. The number of nitrogens with one attached hydrogen (secondary N) is 1. The highest BCUT2D eigenvalue weighted by molar-refractivity contribution is 5.27. The number of hydrogen-bond donors (Lipinski definition) is 1. The van der Waals surface area contributed by atoms with Gasteiger partial charge in [0, 0.05) is 25.0 Å². The lowest BCUT2D eigenvalue weighted by Crippen LogP contribution is -1.99. The number of benzene rings is 1. The predicted octanol–water partition coefficient (Wildman–Crippen LogP) is 1.58. The molecule has 1 saturated heterocycles. The Morgan fingerprint density at radius 2 is 2.13 bits per heavy atom. The zero-order valence-corrected chi connectivity index (χ0v) is 8.43. The second-order valence-electron chi connectivity index (χ2n) is 3.91. The third-order valence-corrected chi connectivity index (χ3v) is 2.69. The maximum absolute atomic E-state index is 4.19. The molecule has 2 heterocycles. The lowest BCUT2D eigenvalue weighted by molar-refractivity contribution is 0.686. The van der Waals surface area contributed by atoms with Crippen molar-refractivity contribution in [1.82, 2.24) is 15.1 Å². The van der Waals surface area contributed by atoms with E-state index in [1.54, 1.807) is 0 Å². The van der Waals surface area contributed by atoms with E-state index < -0.39 is 0 Å². The summed E-state index contributed by atoms with van der Waals surface area (Å²) in [6.45, 7) is 1.98. The van der Waals surface area contributed by atoms with Gasteiger partial charge in [0.25, 0.3) is 0 Å². The average Bonchev–Trinajstić information content (AvgIpc) is 2.99. The van der Waals surface area contributed by atoms with E-state index in [0.29, 0.717) is 6.04 Å². The summed E-state index contributed by atoms with van der Waals surface area (Å²) in [7, 11) is 0. The zero-order chi connectivity index (χ0) is 10.1. The van der Waals surface area contributed by atoms with Gasteiger partial charge >= 0.3 is 0 Å². The average molecular weight is 199 g/mol.